The molecule has 8 nitrogen and oxygen atoms in total. The van der Waals surface area contributed by atoms with Crippen LogP contribution in [-0.2, 0) is 18.0 Å². The molecular weight excluding hydrogens is 545 g/mol. The van der Waals surface area contributed by atoms with Gasteiger partial charge in [-0.1, -0.05) is 62.3 Å². The van der Waals surface area contributed by atoms with Crippen LogP contribution in [0.2, 0.25) is 54.4 Å². The molecular formula is C28H56N2O6Si3. The second-order valence-electron chi connectivity index (χ2n) is 15.8. The monoisotopic (exact) mass is 600 g/mol. The third kappa shape index (κ3) is 7.52. The average Bonchev–Trinajstić information content (AvgIpc) is 3.02. The predicted molar refractivity (Wildman–Crippen MR) is 167 cm³/mol. The Morgan fingerprint density at radius 1 is 0.795 bits per heavy atom. The van der Waals surface area contributed by atoms with E-state index in [-0.39, 0.29) is 15.1 Å². The fraction of sp³-hybridized carbons (Fsp3) is 0.857. The highest BCUT2D eigenvalue weighted by Crippen LogP contribution is 2.46. The van der Waals surface area contributed by atoms with Gasteiger partial charge in [-0.2, -0.15) is 0 Å². The van der Waals surface area contributed by atoms with E-state index in [4.69, 9.17) is 18.0 Å². The summed E-state index contributed by atoms with van der Waals surface area (Å²) in [5, 5.41) is -0.0751. The van der Waals surface area contributed by atoms with E-state index in [0.29, 0.717) is 12.2 Å². The molecule has 0 spiro atoms. The molecule has 11 heteroatoms. The minimum Gasteiger partial charge on any atom is -0.414 e. The zero-order valence-electron chi connectivity index (χ0n) is 27.5. The van der Waals surface area contributed by atoms with E-state index in [1.54, 1.807) is 13.1 Å². The summed E-state index contributed by atoms with van der Waals surface area (Å²) < 4.78 is 29.0. The standard InChI is InChI=1S/C28H56N2O6Si3/c1-19-17-30(25(32)29-23(19)31)24-22(36-39(15,16)28(8,9)10)21(35-38(13,14)27(5,6)7)20(34-24)18-33-37(11,12)26(2,3)4/h17,20-22,24H,18H2,1-16H3,(H,29,31,32)/t20-,21?,22?,24-/m1/s1. The Kier molecular flexibility index (Phi) is 9.79. The Hall–Kier alpha value is -0.829. The third-order valence-corrected chi connectivity index (χ3v) is 23.0. The van der Waals surface area contributed by atoms with E-state index >= 15 is 0 Å². The van der Waals surface area contributed by atoms with Crippen LogP contribution in [0.15, 0.2) is 15.8 Å². The molecule has 2 unspecified atom stereocenters. The molecule has 39 heavy (non-hydrogen) atoms. The van der Waals surface area contributed by atoms with Crippen molar-refractivity contribution in [1.82, 2.24) is 9.55 Å². The quantitative estimate of drug-likeness (QED) is 0.341. The summed E-state index contributed by atoms with van der Waals surface area (Å²) in [7, 11) is -6.71. The van der Waals surface area contributed by atoms with Gasteiger partial charge in [-0.05, 0) is 61.3 Å². The molecule has 1 aromatic heterocycles. The predicted octanol–water partition coefficient (Wildman–Crippen LogP) is 6.55. The van der Waals surface area contributed by atoms with Crippen molar-refractivity contribution in [3.8, 4) is 0 Å². The summed E-state index contributed by atoms with van der Waals surface area (Å²) in [4.78, 5) is 27.8. The summed E-state index contributed by atoms with van der Waals surface area (Å²) in [6.45, 7) is 35.2. The minimum absolute atomic E-state index is 0.0325. The first kappa shape index (κ1) is 34.4. The Morgan fingerprint density at radius 3 is 1.67 bits per heavy atom. The van der Waals surface area contributed by atoms with Crippen molar-refractivity contribution >= 4 is 25.0 Å². The number of hydrogen-bond acceptors (Lipinski definition) is 6. The van der Waals surface area contributed by atoms with Gasteiger partial charge in [-0.15, -0.1) is 0 Å². The van der Waals surface area contributed by atoms with E-state index in [2.05, 4.69) is 107 Å². The van der Waals surface area contributed by atoms with Crippen molar-refractivity contribution in [3.63, 3.8) is 0 Å². The number of hydrogen-bond donors (Lipinski definition) is 1. The largest absolute Gasteiger partial charge is 0.414 e. The van der Waals surface area contributed by atoms with Crippen molar-refractivity contribution in [2.24, 2.45) is 0 Å². The molecule has 0 radical (unpaired) electrons. The molecule has 0 bridgehead atoms. The lowest BCUT2D eigenvalue weighted by molar-refractivity contribution is -0.0511. The summed E-state index contributed by atoms with van der Waals surface area (Å²) in [6, 6.07) is 0. The number of ether oxygens (including phenoxy) is 1. The van der Waals surface area contributed by atoms with Gasteiger partial charge in [0.15, 0.2) is 31.2 Å². The number of aryl methyl sites for hydroxylation is 1. The fourth-order valence-electron chi connectivity index (χ4n) is 3.65. The van der Waals surface area contributed by atoms with Gasteiger partial charge < -0.3 is 18.0 Å². The minimum atomic E-state index is -2.33. The van der Waals surface area contributed by atoms with Gasteiger partial charge in [0, 0.05) is 11.8 Å². The number of nitrogens with zero attached hydrogens (tertiary/aromatic N) is 1. The molecule has 1 N–H and O–H groups in total. The number of aromatic amines is 1. The lowest BCUT2D eigenvalue weighted by Crippen LogP contribution is -2.55. The van der Waals surface area contributed by atoms with Crippen LogP contribution in [0.5, 0.6) is 0 Å². The lowest BCUT2D eigenvalue weighted by atomic mass is 10.1. The Labute approximate surface area is 239 Å². The Bertz CT molecular complexity index is 1120. The Morgan fingerprint density at radius 2 is 1.23 bits per heavy atom. The lowest BCUT2D eigenvalue weighted by Gasteiger charge is -2.44. The summed E-state index contributed by atoms with van der Waals surface area (Å²) in [5.74, 6) is 0. The maximum atomic E-state index is 13.1. The van der Waals surface area contributed by atoms with Crippen LogP contribution in [0, 0.1) is 6.92 Å². The summed E-state index contributed by atoms with van der Waals surface area (Å²) in [6.07, 6.45) is -0.601. The molecule has 4 atom stereocenters. The van der Waals surface area contributed by atoms with Gasteiger partial charge in [-0.25, -0.2) is 4.79 Å². The number of aromatic nitrogens is 2. The zero-order chi connectivity index (χ0) is 30.6. The van der Waals surface area contributed by atoms with Crippen LogP contribution in [0.25, 0.3) is 0 Å². The second-order valence-corrected chi connectivity index (χ2v) is 30.1. The topological polar surface area (TPSA) is 91.8 Å². The fourth-order valence-corrected chi connectivity index (χ4v) is 7.27. The van der Waals surface area contributed by atoms with Crippen molar-refractivity contribution in [1.29, 1.82) is 0 Å². The molecule has 0 saturated carbocycles. The van der Waals surface area contributed by atoms with E-state index in [1.165, 1.54) is 4.57 Å². The van der Waals surface area contributed by atoms with Gasteiger partial charge in [0.05, 0.1) is 6.61 Å². The van der Waals surface area contributed by atoms with Crippen LogP contribution < -0.4 is 11.2 Å². The number of nitrogens with one attached hydrogen (secondary N) is 1. The highest BCUT2D eigenvalue weighted by molar-refractivity contribution is 6.75. The smallest absolute Gasteiger partial charge is 0.330 e. The maximum Gasteiger partial charge on any atom is 0.330 e. The van der Waals surface area contributed by atoms with Crippen LogP contribution in [0.1, 0.15) is 74.1 Å². The Balaban J connectivity index is 2.70. The van der Waals surface area contributed by atoms with Crippen LogP contribution in [0.3, 0.4) is 0 Å². The molecule has 0 aromatic carbocycles. The first-order chi connectivity index (χ1) is 17.2. The average molecular weight is 601 g/mol. The van der Waals surface area contributed by atoms with Crippen molar-refractivity contribution in [2.75, 3.05) is 6.61 Å². The van der Waals surface area contributed by atoms with E-state index in [0.717, 1.165) is 0 Å². The molecule has 1 fully saturated rings. The van der Waals surface area contributed by atoms with Gasteiger partial charge in [-0.3, -0.25) is 14.3 Å². The van der Waals surface area contributed by atoms with Crippen LogP contribution in [-0.4, -0.2) is 59.4 Å². The van der Waals surface area contributed by atoms with Crippen LogP contribution >= 0.6 is 0 Å². The van der Waals surface area contributed by atoms with E-state index in [1.807, 2.05) is 0 Å². The maximum absolute atomic E-state index is 13.1. The summed E-state index contributed by atoms with van der Waals surface area (Å²) >= 11 is 0. The van der Waals surface area contributed by atoms with E-state index < -0.39 is 60.7 Å². The molecule has 1 aliphatic rings. The highest BCUT2D eigenvalue weighted by atomic mass is 28.4. The van der Waals surface area contributed by atoms with Crippen molar-refractivity contribution < 1.29 is 18.0 Å². The number of H-pyrrole nitrogens is 1. The second kappa shape index (κ2) is 11.1. The molecule has 1 saturated heterocycles. The first-order valence-electron chi connectivity index (χ1n) is 14.2. The van der Waals surface area contributed by atoms with Gasteiger partial charge in [0.25, 0.3) is 5.56 Å². The van der Waals surface area contributed by atoms with Crippen molar-refractivity contribution in [2.45, 2.75) is 148 Å². The third-order valence-electron chi connectivity index (χ3n) is 9.59. The van der Waals surface area contributed by atoms with Crippen molar-refractivity contribution in [3.05, 3.63) is 32.6 Å². The number of rotatable bonds is 8. The molecule has 0 aliphatic carbocycles. The SMILES string of the molecule is Cc1cn([C@@H]2O[C@H](CO[Si](C)(C)C(C)(C)C)C(O[Si](C)(C)C(C)(C)C)C2O[Si](C)(C)C(C)(C)C)c(=O)[nH]c1=O. The normalized spacial score (nSPS) is 23.9. The summed E-state index contributed by atoms with van der Waals surface area (Å²) in [5.41, 5.74) is -0.480. The van der Waals surface area contributed by atoms with Gasteiger partial charge in [0.1, 0.15) is 18.3 Å². The molecule has 1 aliphatic heterocycles. The molecule has 1 aromatic rings. The van der Waals surface area contributed by atoms with Gasteiger partial charge in [0.2, 0.25) is 0 Å². The van der Waals surface area contributed by atoms with E-state index in [9.17, 15) is 9.59 Å². The molecule has 2 heterocycles. The van der Waals surface area contributed by atoms with Gasteiger partial charge >= 0.3 is 5.69 Å². The zero-order valence-corrected chi connectivity index (χ0v) is 30.5. The first-order valence-corrected chi connectivity index (χ1v) is 22.9. The molecule has 0 amide bonds. The molecule has 226 valence electrons. The molecule has 2 rings (SSSR count). The highest BCUT2D eigenvalue weighted by Gasteiger charge is 2.55. The van der Waals surface area contributed by atoms with Crippen LogP contribution in [0.4, 0.5) is 0 Å².